The van der Waals surface area contributed by atoms with E-state index in [0.29, 0.717) is 0 Å². The van der Waals surface area contributed by atoms with Gasteiger partial charge in [0.15, 0.2) is 0 Å². The van der Waals surface area contributed by atoms with Crippen molar-refractivity contribution in [1.82, 2.24) is 10.6 Å². The van der Waals surface area contributed by atoms with E-state index in [2.05, 4.69) is 10.1 Å². The zero-order chi connectivity index (χ0) is 20.3. The molecule has 3 saturated carbocycles. The van der Waals surface area contributed by atoms with Crippen molar-refractivity contribution in [3.05, 3.63) is 29.8 Å². The van der Waals surface area contributed by atoms with E-state index in [1.54, 1.807) is 0 Å². The van der Waals surface area contributed by atoms with Crippen molar-refractivity contribution >= 4 is 6.03 Å². The van der Waals surface area contributed by atoms with E-state index in [1.807, 2.05) is 5.32 Å². The smallest absolute Gasteiger partial charge is 0.406 e. The Bertz CT molecular complexity index is 746. The first kappa shape index (κ1) is 15.2. The molecule has 25 heavy (non-hydrogen) atoms. The van der Waals surface area contributed by atoms with E-state index < -0.39 is 41.8 Å². The molecule has 0 atom stereocenters. The largest absolute Gasteiger partial charge is 0.573 e. The third-order valence-electron chi connectivity index (χ3n) is 4.40. The third kappa shape index (κ3) is 3.47. The third-order valence-corrected chi connectivity index (χ3v) is 4.40. The van der Waals surface area contributed by atoms with Crippen molar-refractivity contribution in [2.75, 3.05) is 0 Å². The molecule has 0 aliphatic heterocycles. The molecule has 2 amide bonds. The Morgan fingerprint density at radius 1 is 1.20 bits per heavy atom. The molecule has 10 heteroatoms. The van der Waals surface area contributed by atoms with Gasteiger partial charge in [0.25, 0.3) is 0 Å². The zero-order valence-electron chi connectivity index (χ0n) is 14.5. The van der Waals surface area contributed by atoms with Gasteiger partial charge >= 0.3 is 18.6 Å². The van der Waals surface area contributed by atoms with Crippen molar-refractivity contribution < 1.29 is 38.6 Å². The zero-order valence-corrected chi connectivity index (χ0v) is 12.5. The molecule has 0 saturated heterocycles. The van der Waals surface area contributed by atoms with Gasteiger partial charge in [-0.25, -0.2) is 4.79 Å². The number of carbonyl (C=O) groups is 1. The van der Waals surface area contributed by atoms with Gasteiger partial charge in [-0.15, -0.1) is 13.2 Å². The lowest BCUT2D eigenvalue weighted by atomic mass is 9.39. The molecular weight excluding hydrogens is 354 g/mol. The Balaban J connectivity index is 1.61. The predicted molar refractivity (Wildman–Crippen MR) is 73.6 cm³/mol. The first-order chi connectivity index (χ1) is 12.2. The van der Waals surface area contributed by atoms with Crippen LogP contribution in [0, 0.1) is 5.41 Å². The minimum absolute atomic E-state index is 0.269. The van der Waals surface area contributed by atoms with Crippen molar-refractivity contribution in [2.24, 2.45) is 5.41 Å². The summed E-state index contributed by atoms with van der Waals surface area (Å²) in [6.45, 7) is -2.57. The molecule has 1 aromatic carbocycles. The van der Waals surface area contributed by atoms with E-state index in [1.165, 1.54) is 0 Å². The lowest BCUT2D eigenvalue weighted by Gasteiger charge is -2.70. The average molecular weight is 370 g/mol. The maximum atomic E-state index is 12.8. The first-order valence-corrected chi connectivity index (χ1v) is 7.19. The highest BCUT2D eigenvalue weighted by atomic mass is 19.4. The fourth-order valence-corrected chi connectivity index (χ4v) is 3.39. The van der Waals surface area contributed by atoms with E-state index in [9.17, 15) is 31.1 Å². The molecule has 0 aromatic heterocycles. The normalized spacial score (nSPS) is 29.5. The summed E-state index contributed by atoms with van der Waals surface area (Å²) < 4.78 is 94.5. The van der Waals surface area contributed by atoms with Gasteiger partial charge in [0.05, 0.1) is 8.16 Å². The Morgan fingerprint density at radius 3 is 2.40 bits per heavy atom. The summed E-state index contributed by atoms with van der Waals surface area (Å²) >= 11 is 0. The highest BCUT2D eigenvalue weighted by Gasteiger charge is 2.79. The number of carbonyl (C=O) groups excluding carboxylic acids is 1. The van der Waals surface area contributed by atoms with Gasteiger partial charge in [-0.05, 0) is 37.0 Å². The molecule has 2 N–H and O–H groups in total. The Hall–Kier alpha value is -2.13. The van der Waals surface area contributed by atoms with E-state index in [4.69, 9.17) is 2.74 Å². The summed E-state index contributed by atoms with van der Waals surface area (Å²) in [5, 5.41) is 4.26. The molecule has 2 bridgehead atoms. The number of nitrogens with one attached hydrogen (secondary N) is 2. The lowest BCUT2D eigenvalue weighted by Crippen LogP contribution is -2.79. The van der Waals surface area contributed by atoms with Crippen LogP contribution in [0.5, 0.6) is 5.75 Å². The Kier molecular flexibility index (Phi) is 3.29. The average Bonchev–Trinajstić information content (AvgIpc) is 2.37. The standard InChI is InChI=1S/C15H14F6N2O2/c16-14(17,18)12-6-13(7-12,8-12)23-11(24)22-5-9-2-1-3-10(4-9)25-15(19,20)21/h1-4H,5-8H2,(H2,22,23,24)/i5D2. The second-order valence-corrected chi connectivity index (χ2v) is 6.37. The van der Waals surface area contributed by atoms with Crippen molar-refractivity contribution in [2.45, 2.75) is 43.8 Å². The van der Waals surface area contributed by atoms with Crippen molar-refractivity contribution in [1.29, 1.82) is 0 Å². The molecule has 138 valence electrons. The highest BCUT2D eigenvalue weighted by molar-refractivity contribution is 5.75. The van der Waals surface area contributed by atoms with Crippen LogP contribution in [0.1, 0.15) is 27.6 Å². The fraction of sp³-hybridized carbons (Fsp3) is 0.533. The van der Waals surface area contributed by atoms with Gasteiger partial charge in [-0.3, -0.25) is 0 Å². The van der Waals surface area contributed by atoms with Crippen LogP contribution < -0.4 is 15.4 Å². The van der Waals surface area contributed by atoms with Gasteiger partial charge in [0.2, 0.25) is 0 Å². The van der Waals surface area contributed by atoms with E-state index in [-0.39, 0.29) is 24.8 Å². The number of hydrogen-bond acceptors (Lipinski definition) is 2. The SMILES string of the molecule is [2H]C([2H])(NC(=O)NC12CC(C(F)(F)F)(C1)C2)c1cccc(OC(F)(F)F)c1. The summed E-state index contributed by atoms with van der Waals surface area (Å²) in [5.74, 6) is -0.669. The summed E-state index contributed by atoms with van der Waals surface area (Å²) in [5.41, 5.74) is -3.11. The summed E-state index contributed by atoms with van der Waals surface area (Å²) in [4.78, 5) is 12.0. The number of benzene rings is 1. The number of amides is 2. The first-order valence-electron chi connectivity index (χ1n) is 8.19. The molecule has 0 radical (unpaired) electrons. The molecule has 1 aromatic rings. The van der Waals surface area contributed by atoms with Gasteiger partial charge in [-0.2, -0.15) is 13.2 Å². The topological polar surface area (TPSA) is 50.4 Å². The molecule has 3 aliphatic rings. The molecule has 0 unspecified atom stereocenters. The van der Waals surface area contributed by atoms with Gasteiger partial charge in [-0.1, -0.05) is 12.1 Å². The number of halogens is 6. The number of hydrogen-bond donors (Lipinski definition) is 2. The van der Waals surface area contributed by atoms with Crippen LogP contribution in [-0.4, -0.2) is 24.1 Å². The second-order valence-electron chi connectivity index (χ2n) is 6.37. The Morgan fingerprint density at radius 2 is 1.84 bits per heavy atom. The van der Waals surface area contributed by atoms with Crippen molar-refractivity contribution in [3.8, 4) is 5.75 Å². The van der Waals surface area contributed by atoms with Crippen LogP contribution in [0.3, 0.4) is 0 Å². The predicted octanol–water partition coefficient (Wildman–Crippen LogP) is 3.87. The molecule has 0 heterocycles. The van der Waals surface area contributed by atoms with E-state index >= 15 is 0 Å². The lowest BCUT2D eigenvalue weighted by molar-refractivity contribution is -0.336. The minimum Gasteiger partial charge on any atom is -0.406 e. The minimum atomic E-state index is -4.96. The molecule has 3 fully saturated rings. The summed E-state index contributed by atoms with van der Waals surface area (Å²) in [6, 6.07) is 2.95. The monoisotopic (exact) mass is 370 g/mol. The van der Waals surface area contributed by atoms with Gasteiger partial charge in [0.1, 0.15) is 5.75 Å². The van der Waals surface area contributed by atoms with Crippen LogP contribution in [0.15, 0.2) is 24.3 Å². The quantitative estimate of drug-likeness (QED) is 0.791. The van der Waals surface area contributed by atoms with Gasteiger partial charge in [0, 0.05) is 12.0 Å². The number of ether oxygens (including phenoxy) is 1. The maximum absolute atomic E-state index is 12.8. The van der Waals surface area contributed by atoms with Crippen LogP contribution in [-0.2, 0) is 6.50 Å². The molecular formula is C15H14F6N2O2. The molecule has 4 nitrogen and oxygen atoms in total. The number of alkyl halides is 6. The maximum Gasteiger partial charge on any atom is 0.573 e. The number of urea groups is 1. The van der Waals surface area contributed by atoms with Crippen LogP contribution in [0.2, 0.25) is 0 Å². The van der Waals surface area contributed by atoms with Crippen LogP contribution >= 0.6 is 0 Å². The summed E-state index contributed by atoms with van der Waals surface area (Å²) in [6.07, 6.45) is -10.1. The number of rotatable bonds is 4. The van der Waals surface area contributed by atoms with Crippen LogP contribution in [0.4, 0.5) is 31.1 Å². The molecule has 4 rings (SSSR count). The van der Waals surface area contributed by atoms with Crippen LogP contribution in [0.25, 0.3) is 0 Å². The fourth-order valence-electron chi connectivity index (χ4n) is 3.39. The second kappa shape index (κ2) is 5.43. The van der Waals surface area contributed by atoms with E-state index in [0.717, 1.165) is 24.3 Å². The summed E-state index contributed by atoms with van der Waals surface area (Å²) in [7, 11) is 0. The van der Waals surface area contributed by atoms with Crippen molar-refractivity contribution in [3.63, 3.8) is 0 Å². The molecule has 3 aliphatic carbocycles. The van der Waals surface area contributed by atoms with Gasteiger partial charge < -0.3 is 15.4 Å². The molecule has 0 spiro atoms. The Labute approximate surface area is 141 Å². The highest BCUT2D eigenvalue weighted by Crippen LogP contribution is 2.73.